The summed E-state index contributed by atoms with van der Waals surface area (Å²) >= 11 is 0. The topological polar surface area (TPSA) is 67.4 Å². The molecule has 1 fully saturated rings. The van der Waals surface area contributed by atoms with Crippen LogP contribution in [0.25, 0.3) is 0 Å². The highest BCUT2D eigenvalue weighted by Gasteiger charge is 2.21. The van der Waals surface area contributed by atoms with Crippen molar-refractivity contribution in [3.8, 4) is 5.75 Å². The van der Waals surface area contributed by atoms with E-state index in [-0.39, 0.29) is 29.1 Å². The van der Waals surface area contributed by atoms with E-state index >= 15 is 0 Å². The summed E-state index contributed by atoms with van der Waals surface area (Å²) in [4.78, 5) is 0.102. The fraction of sp³-hybridized carbons (Fsp3) is 0.538. The van der Waals surface area contributed by atoms with Crippen molar-refractivity contribution in [2.45, 2.75) is 30.2 Å². The number of ether oxygens (including phenoxy) is 1. The van der Waals surface area contributed by atoms with Crippen molar-refractivity contribution in [3.63, 3.8) is 0 Å². The molecule has 1 aromatic rings. The minimum atomic E-state index is -3.59. The number of rotatable bonds is 6. The first-order chi connectivity index (χ1) is 9.97. The van der Waals surface area contributed by atoms with E-state index in [1.54, 1.807) is 0 Å². The summed E-state index contributed by atoms with van der Waals surface area (Å²) < 4.78 is 55.9. The van der Waals surface area contributed by atoms with Crippen molar-refractivity contribution in [1.29, 1.82) is 0 Å². The molecule has 0 radical (unpaired) electrons. The molecule has 0 amide bonds. The minimum absolute atomic E-state index is 0. The highest BCUT2D eigenvalue weighted by Crippen LogP contribution is 2.17. The Morgan fingerprint density at radius 3 is 2.36 bits per heavy atom. The van der Waals surface area contributed by atoms with Gasteiger partial charge in [-0.3, -0.25) is 0 Å². The molecule has 22 heavy (non-hydrogen) atoms. The summed E-state index contributed by atoms with van der Waals surface area (Å²) in [5.74, 6) is 0.219. The molecule has 5 nitrogen and oxygen atoms in total. The summed E-state index contributed by atoms with van der Waals surface area (Å²) in [6.07, 6.45) is -1.07. The first kappa shape index (κ1) is 19.1. The molecular formula is C13H19ClF2N2O3S. The Morgan fingerprint density at radius 2 is 1.82 bits per heavy atom. The highest BCUT2D eigenvalue weighted by molar-refractivity contribution is 7.89. The molecular weight excluding hydrogens is 338 g/mol. The Bertz CT molecular complexity index is 549. The maximum Gasteiger partial charge on any atom is 0.272 e. The monoisotopic (exact) mass is 356 g/mol. The van der Waals surface area contributed by atoms with Crippen LogP contribution in [-0.2, 0) is 10.0 Å². The Labute approximate surface area is 134 Å². The van der Waals surface area contributed by atoms with Gasteiger partial charge in [0.2, 0.25) is 10.0 Å². The molecule has 0 bridgehead atoms. The van der Waals surface area contributed by atoms with Gasteiger partial charge in [-0.15, -0.1) is 12.4 Å². The van der Waals surface area contributed by atoms with Crippen molar-refractivity contribution in [3.05, 3.63) is 24.3 Å². The van der Waals surface area contributed by atoms with Crippen LogP contribution in [0.3, 0.4) is 0 Å². The van der Waals surface area contributed by atoms with Crippen molar-refractivity contribution in [2.75, 3.05) is 19.7 Å². The molecule has 0 unspecified atom stereocenters. The number of hydrogen-bond donors (Lipinski definition) is 2. The largest absolute Gasteiger partial charge is 0.488 e. The van der Waals surface area contributed by atoms with E-state index in [1.807, 2.05) is 0 Å². The summed E-state index contributed by atoms with van der Waals surface area (Å²) in [6, 6.07) is 5.37. The third kappa shape index (κ3) is 5.68. The number of nitrogens with one attached hydrogen (secondary N) is 2. The van der Waals surface area contributed by atoms with Gasteiger partial charge in [-0.2, -0.15) is 0 Å². The second kappa shape index (κ2) is 8.61. The van der Waals surface area contributed by atoms with Gasteiger partial charge in [-0.25, -0.2) is 21.9 Å². The van der Waals surface area contributed by atoms with Crippen molar-refractivity contribution >= 4 is 22.4 Å². The SMILES string of the molecule is Cl.O=S(=O)(NC1CCNCC1)c1ccc(OCC(F)F)cc1. The van der Waals surface area contributed by atoms with Crippen molar-refractivity contribution in [1.82, 2.24) is 10.0 Å². The average Bonchev–Trinajstić information content (AvgIpc) is 2.46. The van der Waals surface area contributed by atoms with Crippen LogP contribution < -0.4 is 14.8 Å². The van der Waals surface area contributed by atoms with Gasteiger partial charge in [0.15, 0.2) is 0 Å². The molecule has 1 saturated heterocycles. The van der Waals surface area contributed by atoms with Crippen LogP contribution in [0, 0.1) is 0 Å². The maximum absolute atomic E-state index is 12.2. The number of halogens is 3. The Morgan fingerprint density at radius 1 is 1.23 bits per heavy atom. The molecule has 1 heterocycles. The summed E-state index contributed by atoms with van der Waals surface area (Å²) in [6.45, 7) is 0.862. The average molecular weight is 357 g/mol. The second-order valence-electron chi connectivity index (χ2n) is 4.82. The van der Waals surface area contributed by atoms with Crippen molar-refractivity contribution in [2.24, 2.45) is 0 Å². The van der Waals surface area contributed by atoms with E-state index in [0.717, 1.165) is 25.9 Å². The quantitative estimate of drug-likeness (QED) is 0.815. The number of alkyl halides is 2. The Kier molecular flexibility index (Phi) is 7.47. The zero-order valence-corrected chi connectivity index (χ0v) is 13.4. The lowest BCUT2D eigenvalue weighted by Gasteiger charge is -2.23. The molecule has 0 atom stereocenters. The van der Waals surface area contributed by atoms with E-state index in [1.165, 1.54) is 24.3 Å². The van der Waals surface area contributed by atoms with Gasteiger partial charge in [0.25, 0.3) is 6.43 Å². The predicted molar refractivity (Wildman–Crippen MR) is 81.4 cm³/mol. The lowest BCUT2D eigenvalue weighted by molar-refractivity contribution is 0.0819. The molecule has 1 aliphatic rings. The predicted octanol–water partition coefficient (Wildman–Crippen LogP) is 1.78. The number of piperidine rings is 1. The van der Waals surface area contributed by atoms with Gasteiger partial charge in [0.05, 0.1) is 4.90 Å². The van der Waals surface area contributed by atoms with Gasteiger partial charge in [-0.1, -0.05) is 0 Å². The third-order valence-corrected chi connectivity index (χ3v) is 4.71. The van der Waals surface area contributed by atoms with Crippen LogP contribution in [-0.4, -0.2) is 40.6 Å². The van der Waals surface area contributed by atoms with Crippen LogP contribution in [0.2, 0.25) is 0 Å². The van der Waals surface area contributed by atoms with Crippen LogP contribution in [0.5, 0.6) is 5.75 Å². The smallest absolute Gasteiger partial charge is 0.272 e. The zero-order chi connectivity index (χ0) is 15.3. The van der Waals surface area contributed by atoms with Gasteiger partial charge in [0.1, 0.15) is 12.4 Å². The third-order valence-electron chi connectivity index (χ3n) is 3.17. The van der Waals surface area contributed by atoms with Crippen LogP contribution in [0.15, 0.2) is 29.2 Å². The van der Waals surface area contributed by atoms with Crippen molar-refractivity contribution < 1.29 is 21.9 Å². The first-order valence-corrected chi connectivity index (χ1v) is 8.20. The molecule has 2 rings (SSSR count). The van der Waals surface area contributed by atoms with E-state index in [2.05, 4.69) is 10.0 Å². The number of hydrogen-bond acceptors (Lipinski definition) is 4. The number of benzene rings is 1. The summed E-state index contributed by atoms with van der Waals surface area (Å²) in [5.41, 5.74) is 0. The molecule has 0 aromatic heterocycles. The van der Waals surface area contributed by atoms with Gasteiger partial charge in [-0.05, 0) is 50.2 Å². The van der Waals surface area contributed by atoms with Gasteiger partial charge >= 0.3 is 0 Å². The minimum Gasteiger partial charge on any atom is -0.488 e. The molecule has 9 heteroatoms. The second-order valence-corrected chi connectivity index (χ2v) is 6.53. The fourth-order valence-electron chi connectivity index (χ4n) is 2.10. The molecule has 0 saturated carbocycles. The lowest BCUT2D eigenvalue weighted by Crippen LogP contribution is -2.42. The van der Waals surface area contributed by atoms with E-state index in [9.17, 15) is 17.2 Å². The number of sulfonamides is 1. The normalized spacial score (nSPS) is 16.3. The molecule has 0 spiro atoms. The van der Waals surface area contributed by atoms with Gasteiger partial charge in [0, 0.05) is 6.04 Å². The summed E-state index contributed by atoms with van der Waals surface area (Å²) in [5, 5.41) is 3.16. The molecule has 1 aromatic carbocycles. The first-order valence-electron chi connectivity index (χ1n) is 6.71. The Balaban J connectivity index is 0.00000242. The summed E-state index contributed by atoms with van der Waals surface area (Å²) in [7, 11) is -3.59. The molecule has 126 valence electrons. The van der Waals surface area contributed by atoms with E-state index in [0.29, 0.717) is 0 Å². The lowest BCUT2D eigenvalue weighted by atomic mass is 10.1. The van der Waals surface area contributed by atoms with E-state index < -0.39 is 23.1 Å². The van der Waals surface area contributed by atoms with Gasteiger partial charge < -0.3 is 10.1 Å². The van der Waals surface area contributed by atoms with E-state index in [4.69, 9.17) is 4.74 Å². The standard InChI is InChI=1S/C13H18F2N2O3S.ClH/c14-13(15)9-20-11-1-3-12(4-2-11)21(18,19)17-10-5-7-16-8-6-10;/h1-4,10,13,16-17H,5-9H2;1H. The zero-order valence-electron chi connectivity index (χ0n) is 11.8. The van der Waals surface area contributed by atoms with Crippen LogP contribution in [0.1, 0.15) is 12.8 Å². The molecule has 0 aliphatic carbocycles. The van der Waals surface area contributed by atoms with Crippen LogP contribution in [0.4, 0.5) is 8.78 Å². The molecule has 2 N–H and O–H groups in total. The maximum atomic E-state index is 12.2. The molecule has 1 aliphatic heterocycles. The highest BCUT2D eigenvalue weighted by atomic mass is 35.5. The van der Waals surface area contributed by atoms with Crippen LogP contribution >= 0.6 is 12.4 Å². The fourth-order valence-corrected chi connectivity index (χ4v) is 3.41. The Hall–Kier alpha value is -0.960.